The minimum absolute atomic E-state index is 0.688. The maximum Gasteiger partial charge on any atom is 0.0237 e. The molecule has 0 aromatic heterocycles. The molecule has 4 rings (SSSR count). The molecule has 0 amide bonds. The van der Waals surface area contributed by atoms with E-state index in [2.05, 4.69) is 41.4 Å². The lowest BCUT2D eigenvalue weighted by Crippen LogP contribution is -2.37. The molecule has 1 aliphatic heterocycles. The topological polar surface area (TPSA) is 12.0 Å². The van der Waals surface area contributed by atoms with Gasteiger partial charge in [0.2, 0.25) is 0 Å². The van der Waals surface area contributed by atoms with Gasteiger partial charge in [-0.3, -0.25) is 0 Å². The standard InChI is InChI=1S/C17H17N/c1-2-5-12(4-1)13-7-8-14-11-17-15(16(14)10-13)6-3-9-18-17/h1-2,4,7-8,10,15,17-18H,3,6,9,11H2. The van der Waals surface area contributed by atoms with Crippen molar-refractivity contribution >= 4 is 5.57 Å². The zero-order valence-electron chi connectivity index (χ0n) is 10.4. The van der Waals surface area contributed by atoms with Crippen molar-refractivity contribution in [2.24, 2.45) is 0 Å². The Balaban J connectivity index is 1.76. The van der Waals surface area contributed by atoms with Crippen molar-refractivity contribution in [3.63, 3.8) is 0 Å². The summed E-state index contributed by atoms with van der Waals surface area (Å²) >= 11 is 0. The fraction of sp³-hybridized carbons (Fsp3) is 0.353. The molecule has 0 spiro atoms. The molecular formula is C17H17N. The van der Waals surface area contributed by atoms with E-state index < -0.39 is 0 Å². The molecule has 18 heavy (non-hydrogen) atoms. The van der Waals surface area contributed by atoms with Crippen LogP contribution in [0.1, 0.15) is 35.4 Å². The molecule has 1 heteroatoms. The Kier molecular flexibility index (Phi) is 2.29. The number of piperidine rings is 1. The van der Waals surface area contributed by atoms with E-state index in [4.69, 9.17) is 0 Å². The van der Waals surface area contributed by atoms with Crippen LogP contribution in [0.15, 0.2) is 42.2 Å². The molecule has 1 nitrogen and oxygen atoms in total. The molecule has 0 bridgehead atoms. The van der Waals surface area contributed by atoms with Crippen LogP contribution in [-0.2, 0) is 6.42 Å². The molecular weight excluding hydrogens is 218 g/mol. The van der Waals surface area contributed by atoms with Gasteiger partial charge in [-0.15, -0.1) is 5.73 Å². The molecule has 0 radical (unpaired) electrons. The first-order valence-corrected chi connectivity index (χ1v) is 6.92. The highest BCUT2D eigenvalue weighted by atomic mass is 14.9. The normalized spacial score (nSPS) is 28.1. The van der Waals surface area contributed by atoms with E-state index in [-0.39, 0.29) is 0 Å². The van der Waals surface area contributed by atoms with Crippen molar-refractivity contribution in [2.75, 3.05) is 6.54 Å². The Hall–Kier alpha value is -1.56. The van der Waals surface area contributed by atoms with Gasteiger partial charge in [-0.05, 0) is 66.6 Å². The van der Waals surface area contributed by atoms with Gasteiger partial charge in [0.15, 0.2) is 0 Å². The number of benzene rings is 1. The van der Waals surface area contributed by atoms with E-state index in [1.807, 2.05) is 6.08 Å². The summed E-state index contributed by atoms with van der Waals surface area (Å²) in [5.74, 6) is 0.740. The van der Waals surface area contributed by atoms with Gasteiger partial charge in [0, 0.05) is 11.6 Å². The highest BCUT2D eigenvalue weighted by molar-refractivity contribution is 5.77. The summed E-state index contributed by atoms with van der Waals surface area (Å²) in [6, 6.07) is 7.67. The third kappa shape index (κ3) is 1.52. The van der Waals surface area contributed by atoms with Crippen molar-refractivity contribution < 1.29 is 0 Å². The molecule has 1 heterocycles. The molecule has 1 aromatic carbocycles. The molecule has 2 unspecified atom stereocenters. The molecule has 1 saturated heterocycles. The Labute approximate surface area is 108 Å². The van der Waals surface area contributed by atoms with Crippen molar-refractivity contribution in [1.29, 1.82) is 0 Å². The number of rotatable bonds is 1. The van der Waals surface area contributed by atoms with Crippen LogP contribution in [0, 0.1) is 0 Å². The summed E-state index contributed by atoms with van der Waals surface area (Å²) in [4.78, 5) is 0. The summed E-state index contributed by atoms with van der Waals surface area (Å²) < 4.78 is 0. The first-order chi connectivity index (χ1) is 8.92. The summed E-state index contributed by atoms with van der Waals surface area (Å²) in [5, 5.41) is 3.67. The Morgan fingerprint density at radius 2 is 2.28 bits per heavy atom. The number of allylic oxidation sites excluding steroid dienone is 3. The smallest absolute Gasteiger partial charge is 0.0237 e. The van der Waals surface area contributed by atoms with Gasteiger partial charge in [-0.1, -0.05) is 18.2 Å². The van der Waals surface area contributed by atoms with Gasteiger partial charge < -0.3 is 5.32 Å². The molecule has 3 aliphatic rings. The van der Waals surface area contributed by atoms with E-state index in [0.29, 0.717) is 6.04 Å². The highest BCUT2D eigenvalue weighted by Gasteiger charge is 2.33. The average Bonchev–Trinajstić information content (AvgIpc) is 3.05. The second kappa shape index (κ2) is 3.98. The Morgan fingerprint density at radius 1 is 1.28 bits per heavy atom. The number of nitrogens with one attached hydrogen (secondary N) is 1. The second-order valence-corrected chi connectivity index (χ2v) is 5.51. The van der Waals surface area contributed by atoms with Gasteiger partial charge in [0.05, 0.1) is 0 Å². The van der Waals surface area contributed by atoms with Crippen LogP contribution in [0.4, 0.5) is 0 Å². The summed E-state index contributed by atoms with van der Waals surface area (Å²) in [7, 11) is 0. The minimum atomic E-state index is 0.688. The largest absolute Gasteiger partial charge is 0.313 e. The van der Waals surface area contributed by atoms with Crippen molar-refractivity contribution in [2.45, 2.75) is 31.2 Å². The lowest BCUT2D eigenvalue weighted by atomic mass is 9.89. The fourth-order valence-electron chi connectivity index (χ4n) is 3.58. The van der Waals surface area contributed by atoms with Crippen LogP contribution >= 0.6 is 0 Å². The van der Waals surface area contributed by atoms with E-state index >= 15 is 0 Å². The van der Waals surface area contributed by atoms with Crippen LogP contribution in [0.2, 0.25) is 0 Å². The molecule has 1 aromatic rings. The van der Waals surface area contributed by atoms with Crippen LogP contribution in [0.3, 0.4) is 0 Å². The van der Waals surface area contributed by atoms with Crippen molar-refractivity contribution in [3.05, 3.63) is 58.8 Å². The van der Waals surface area contributed by atoms with E-state index in [9.17, 15) is 0 Å². The maximum atomic E-state index is 3.67. The first kappa shape index (κ1) is 10.4. The Morgan fingerprint density at radius 3 is 3.17 bits per heavy atom. The van der Waals surface area contributed by atoms with E-state index in [1.165, 1.54) is 36.9 Å². The van der Waals surface area contributed by atoms with Crippen molar-refractivity contribution in [1.82, 2.24) is 5.32 Å². The van der Waals surface area contributed by atoms with E-state index in [1.54, 1.807) is 11.1 Å². The minimum Gasteiger partial charge on any atom is -0.313 e. The van der Waals surface area contributed by atoms with Gasteiger partial charge in [-0.2, -0.15) is 0 Å². The molecule has 2 aliphatic carbocycles. The second-order valence-electron chi connectivity index (χ2n) is 5.51. The van der Waals surface area contributed by atoms with Crippen LogP contribution in [-0.4, -0.2) is 12.6 Å². The fourth-order valence-corrected chi connectivity index (χ4v) is 3.58. The number of fused-ring (bicyclic) bond motifs is 3. The van der Waals surface area contributed by atoms with Crippen LogP contribution in [0.25, 0.3) is 5.57 Å². The summed E-state index contributed by atoms with van der Waals surface area (Å²) in [5.41, 5.74) is 8.99. The molecule has 90 valence electrons. The molecule has 1 fully saturated rings. The highest BCUT2D eigenvalue weighted by Crippen LogP contribution is 2.39. The summed E-state index contributed by atoms with van der Waals surface area (Å²) in [6.07, 6.45) is 10.1. The lowest BCUT2D eigenvalue weighted by molar-refractivity contribution is 0.372. The number of hydrogen-bond acceptors (Lipinski definition) is 1. The zero-order chi connectivity index (χ0) is 11.9. The summed E-state index contributed by atoms with van der Waals surface area (Å²) in [6.45, 7) is 1.19. The SMILES string of the molecule is C1=CC=CC=1c1ccc2c(c1)C1CCCNC1C2. The number of hydrogen-bond donors (Lipinski definition) is 1. The quantitative estimate of drug-likeness (QED) is 0.737. The van der Waals surface area contributed by atoms with Gasteiger partial charge >= 0.3 is 0 Å². The predicted octanol–water partition coefficient (Wildman–Crippen LogP) is 3.19. The zero-order valence-corrected chi connectivity index (χ0v) is 10.4. The molecule has 0 saturated carbocycles. The average molecular weight is 235 g/mol. The monoisotopic (exact) mass is 235 g/mol. The van der Waals surface area contributed by atoms with E-state index in [0.717, 1.165) is 5.92 Å². The molecule has 1 N–H and O–H groups in total. The molecule has 2 atom stereocenters. The van der Waals surface area contributed by atoms with Crippen molar-refractivity contribution in [3.8, 4) is 0 Å². The van der Waals surface area contributed by atoms with Gasteiger partial charge in [-0.25, -0.2) is 0 Å². The van der Waals surface area contributed by atoms with Crippen LogP contribution < -0.4 is 5.32 Å². The maximum absolute atomic E-state index is 3.67. The van der Waals surface area contributed by atoms with Gasteiger partial charge in [0.25, 0.3) is 0 Å². The lowest BCUT2D eigenvalue weighted by Gasteiger charge is -2.27. The first-order valence-electron chi connectivity index (χ1n) is 6.92. The predicted molar refractivity (Wildman–Crippen MR) is 74.5 cm³/mol. The Bertz CT molecular complexity index is 588. The third-order valence-corrected chi connectivity index (χ3v) is 4.48. The third-order valence-electron chi connectivity index (χ3n) is 4.48. The van der Waals surface area contributed by atoms with Crippen LogP contribution in [0.5, 0.6) is 0 Å². The van der Waals surface area contributed by atoms with Gasteiger partial charge in [0.1, 0.15) is 0 Å².